The fourth-order valence-electron chi connectivity index (χ4n) is 2.28. The SMILES string of the molecule is CCOc1ccccc1CC(CO)c1cccc(F)c1. The van der Waals surface area contributed by atoms with Gasteiger partial charge >= 0.3 is 0 Å². The molecule has 0 saturated carbocycles. The van der Waals surface area contributed by atoms with Crippen LogP contribution in [0.25, 0.3) is 0 Å². The third-order valence-corrected chi connectivity index (χ3v) is 3.28. The van der Waals surface area contributed by atoms with Gasteiger partial charge in [-0.05, 0) is 42.7 Å². The number of para-hydroxylation sites is 1. The molecule has 1 atom stereocenters. The normalized spacial score (nSPS) is 12.2. The summed E-state index contributed by atoms with van der Waals surface area (Å²) in [6.07, 6.45) is 0.621. The lowest BCUT2D eigenvalue weighted by Gasteiger charge is -2.17. The summed E-state index contributed by atoms with van der Waals surface area (Å²) in [7, 11) is 0. The first kappa shape index (κ1) is 14.5. The predicted octanol–water partition coefficient (Wildman–Crippen LogP) is 3.54. The van der Waals surface area contributed by atoms with E-state index in [2.05, 4.69) is 0 Å². The van der Waals surface area contributed by atoms with Gasteiger partial charge < -0.3 is 9.84 Å². The van der Waals surface area contributed by atoms with Crippen molar-refractivity contribution in [2.24, 2.45) is 0 Å². The van der Waals surface area contributed by atoms with Gasteiger partial charge in [0.15, 0.2) is 0 Å². The Bertz CT molecular complexity index is 554. The summed E-state index contributed by atoms with van der Waals surface area (Å²) >= 11 is 0. The number of benzene rings is 2. The van der Waals surface area contributed by atoms with E-state index in [1.165, 1.54) is 12.1 Å². The molecule has 0 amide bonds. The van der Waals surface area contributed by atoms with Crippen LogP contribution in [0.15, 0.2) is 48.5 Å². The van der Waals surface area contributed by atoms with Gasteiger partial charge in [0.2, 0.25) is 0 Å². The Morgan fingerprint density at radius 3 is 2.65 bits per heavy atom. The van der Waals surface area contributed by atoms with E-state index in [0.717, 1.165) is 16.9 Å². The second-order valence-corrected chi connectivity index (χ2v) is 4.68. The molecule has 0 aliphatic rings. The van der Waals surface area contributed by atoms with E-state index in [0.29, 0.717) is 13.0 Å². The minimum Gasteiger partial charge on any atom is -0.494 e. The molecule has 106 valence electrons. The standard InChI is InChI=1S/C17H19FO2/c1-2-20-17-9-4-3-6-14(17)10-15(12-19)13-7-5-8-16(18)11-13/h3-9,11,15,19H,2,10,12H2,1H3. The first-order valence-electron chi connectivity index (χ1n) is 6.81. The summed E-state index contributed by atoms with van der Waals surface area (Å²) in [5.74, 6) is 0.413. The second kappa shape index (κ2) is 7.06. The van der Waals surface area contributed by atoms with E-state index >= 15 is 0 Å². The molecule has 1 N–H and O–H groups in total. The van der Waals surface area contributed by atoms with Gasteiger partial charge in [-0.3, -0.25) is 0 Å². The van der Waals surface area contributed by atoms with E-state index in [4.69, 9.17) is 4.74 Å². The Balaban J connectivity index is 2.22. The van der Waals surface area contributed by atoms with Crippen molar-refractivity contribution in [2.45, 2.75) is 19.3 Å². The molecule has 2 rings (SSSR count). The molecule has 0 radical (unpaired) electrons. The van der Waals surface area contributed by atoms with Crippen LogP contribution in [0.4, 0.5) is 4.39 Å². The van der Waals surface area contributed by atoms with Crippen molar-refractivity contribution in [3.8, 4) is 5.75 Å². The number of hydrogen-bond acceptors (Lipinski definition) is 2. The van der Waals surface area contributed by atoms with Crippen molar-refractivity contribution in [3.05, 3.63) is 65.5 Å². The number of aliphatic hydroxyl groups excluding tert-OH is 1. The topological polar surface area (TPSA) is 29.5 Å². The lowest BCUT2D eigenvalue weighted by molar-refractivity contribution is 0.262. The molecule has 0 fully saturated rings. The van der Waals surface area contributed by atoms with E-state index in [1.54, 1.807) is 6.07 Å². The Morgan fingerprint density at radius 2 is 1.95 bits per heavy atom. The summed E-state index contributed by atoms with van der Waals surface area (Å²) in [6, 6.07) is 14.2. The van der Waals surface area contributed by atoms with Crippen molar-refractivity contribution in [3.63, 3.8) is 0 Å². The molecule has 3 heteroatoms. The van der Waals surface area contributed by atoms with Gasteiger partial charge in [0.1, 0.15) is 11.6 Å². The number of aliphatic hydroxyl groups is 1. The molecular formula is C17H19FO2. The first-order chi connectivity index (χ1) is 9.74. The van der Waals surface area contributed by atoms with E-state index < -0.39 is 0 Å². The third-order valence-electron chi connectivity index (χ3n) is 3.28. The van der Waals surface area contributed by atoms with Gasteiger partial charge in [-0.15, -0.1) is 0 Å². The number of ether oxygens (including phenoxy) is 1. The highest BCUT2D eigenvalue weighted by atomic mass is 19.1. The molecule has 2 aromatic rings. The van der Waals surface area contributed by atoms with Crippen LogP contribution >= 0.6 is 0 Å². The molecule has 2 nitrogen and oxygen atoms in total. The highest BCUT2D eigenvalue weighted by Gasteiger charge is 2.14. The van der Waals surface area contributed by atoms with Gasteiger partial charge in [-0.2, -0.15) is 0 Å². The number of rotatable bonds is 6. The average Bonchev–Trinajstić information content (AvgIpc) is 2.46. The molecule has 1 unspecified atom stereocenters. The molecule has 0 bridgehead atoms. The summed E-state index contributed by atoms with van der Waals surface area (Å²) in [4.78, 5) is 0. The first-order valence-corrected chi connectivity index (χ1v) is 6.81. The number of halogens is 1. The van der Waals surface area contributed by atoms with Crippen LogP contribution in [-0.2, 0) is 6.42 Å². The zero-order valence-electron chi connectivity index (χ0n) is 11.6. The Hall–Kier alpha value is -1.87. The van der Waals surface area contributed by atoms with Gasteiger partial charge in [0.05, 0.1) is 13.2 Å². The lowest BCUT2D eigenvalue weighted by atomic mass is 9.92. The van der Waals surface area contributed by atoms with Crippen molar-refractivity contribution in [1.29, 1.82) is 0 Å². The minimum atomic E-state index is -0.279. The maximum Gasteiger partial charge on any atom is 0.123 e. The Labute approximate surface area is 118 Å². The van der Waals surface area contributed by atoms with Crippen molar-refractivity contribution < 1.29 is 14.2 Å². The van der Waals surface area contributed by atoms with Crippen LogP contribution in [0.1, 0.15) is 24.0 Å². The van der Waals surface area contributed by atoms with Gasteiger partial charge in [0.25, 0.3) is 0 Å². The van der Waals surface area contributed by atoms with E-state index in [9.17, 15) is 9.50 Å². The zero-order valence-corrected chi connectivity index (χ0v) is 11.6. The molecule has 0 saturated heterocycles. The van der Waals surface area contributed by atoms with Crippen LogP contribution < -0.4 is 4.74 Å². The van der Waals surface area contributed by atoms with Crippen molar-refractivity contribution in [1.82, 2.24) is 0 Å². The quantitative estimate of drug-likeness (QED) is 0.873. The van der Waals surface area contributed by atoms with Crippen LogP contribution in [0.5, 0.6) is 5.75 Å². The highest BCUT2D eigenvalue weighted by Crippen LogP contribution is 2.26. The fraction of sp³-hybridized carbons (Fsp3) is 0.294. The second-order valence-electron chi connectivity index (χ2n) is 4.68. The average molecular weight is 274 g/mol. The third kappa shape index (κ3) is 3.58. The van der Waals surface area contributed by atoms with Crippen molar-refractivity contribution in [2.75, 3.05) is 13.2 Å². The predicted molar refractivity (Wildman–Crippen MR) is 77.5 cm³/mol. The van der Waals surface area contributed by atoms with E-state index in [-0.39, 0.29) is 18.3 Å². The fourth-order valence-corrected chi connectivity index (χ4v) is 2.28. The smallest absolute Gasteiger partial charge is 0.123 e. The summed E-state index contributed by atoms with van der Waals surface area (Å²) in [5, 5.41) is 9.59. The minimum absolute atomic E-state index is 0.0239. The maximum atomic E-state index is 13.3. The van der Waals surface area contributed by atoms with E-state index in [1.807, 2.05) is 37.3 Å². The molecule has 20 heavy (non-hydrogen) atoms. The Kier molecular flexibility index (Phi) is 5.13. The molecular weight excluding hydrogens is 255 g/mol. The largest absolute Gasteiger partial charge is 0.494 e. The van der Waals surface area contributed by atoms with Gasteiger partial charge in [0, 0.05) is 5.92 Å². The summed E-state index contributed by atoms with van der Waals surface area (Å²) in [5.41, 5.74) is 1.83. The van der Waals surface area contributed by atoms with Gasteiger partial charge in [-0.1, -0.05) is 30.3 Å². The zero-order chi connectivity index (χ0) is 14.4. The Morgan fingerprint density at radius 1 is 1.15 bits per heavy atom. The van der Waals surface area contributed by atoms with Crippen LogP contribution in [0.3, 0.4) is 0 Å². The molecule has 0 aromatic heterocycles. The maximum absolute atomic E-state index is 13.3. The molecule has 0 aliphatic carbocycles. The molecule has 0 aliphatic heterocycles. The molecule has 0 heterocycles. The van der Waals surface area contributed by atoms with Crippen LogP contribution in [0, 0.1) is 5.82 Å². The lowest BCUT2D eigenvalue weighted by Crippen LogP contribution is -2.09. The molecule has 2 aromatic carbocycles. The summed E-state index contributed by atoms with van der Waals surface area (Å²) < 4.78 is 18.9. The summed E-state index contributed by atoms with van der Waals surface area (Å²) in [6.45, 7) is 2.51. The monoisotopic (exact) mass is 274 g/mol. The van der Waals surface area contributed by atoms with Crippen molar-refractivity contribution >= 4 is 0 Å². The highest BCUT2D eigenvalue weighted by molar-refractivity contribution is 5.35. The van der Waals surface area contributed by atoms with Gasteiger partial charge in [-0.25, -0.2) is 4.39 Å². The molecule has 0 spiro atoms. The number of hydrogen-bond donors (Lipinski definition) is 1. The van der Waals surface area contributed by atoms with Crippen LogP contribution in [0.2, 0.25) is 0 Å². The van der Waals surface area contributed by atoms with Crippen LogP contribution in [-0.4, -0.2) is 18.3 Å².